The van der Waals surface area contributed by atoms with Crippen molar-refractivity contribution < 1.29 is 4.21 Å². The molecule has 1 atom stereocenters. The Kier molecular flexibility index (Phi) is 7.55. The highest BCUT2D eigenvalue weighted by atomic mass is 32.2. The van der Waals surface area contributed by atoms with Crippen molar-refractivity contribution in [1.29, 1.82) is 0 Å². The van der Waals surface area contributed by atoms with Crippen LogP contribution in [-0.4, -0.2) is 63.3 Å². The molecular formula is C18H38N2OS. The van der Waals surface area contributed by atoms with Gasteiger partial charge in [0.15, 0.2) is 0 Å². The van der Waals surface area contributed by atoms with E-state index >= 15 is 0 Å². The summed E-state index contributed by atoms with van der Waals surface area (Å²) in [6.07, 6.45) is 7.84. The lowest BCUT2D eigenvalue weighted by molar-refractivity contribution is -0.0476. The predicted molar refractivity (Wildman–Crippen MR) is 99.0 cm³/mol. The van der Waals surface area contributed by atoms with Crippen LogP contribution in [0.3, 0.4) is 0 Å². The summed E-state index contributed by atoms with van der Waals surface area (Å²) >= 11 is 0. The first-order valence-electron chi connectivity index (χ1n) is 8.88. The summed E-state index contributed by atoms with van der Waals surface area (Å²) in [7, 11) is 1.61. The molecular weight excluding hydrogens is 292 g/mol. The summed E-state index contributed by atoms with van der Waals surface area (Å²) in [4.78, 5) is 5.24. The number of unbranched alkanes of at least 4 members (excludes halogenated alkanes) is 1. The molecule has 3 nitrogen and oxygen atoms in total. The molecule has 0 bridgehead atoms. The second-order valence-electron chi connectivity index (χ2n) is 8.27. The molecule has 1 heterocycles. The van der Waals surface area contributed by atoms with E-state index in [9.17, 15) is 4.21 Å². The van der Waals surface area contributed by atoms with Crippen LogP contribution in [0.4, 0.5) is 0 Å². The highest BCUT2D eigenvalue weighted by Gasteiger charge is 2.44. The Morgan fingerprint density at radius 3 is 2.05 bits per heavy atom. The average Bonchev–Trinajstić information content (AvgIpc) is 2.38. The van der Waals surface area contributed by atoms with Crippen molar-refractivity contribution in [2.45, 2.75) is 83.8 Å². The lowest BCUT2D eigenvalue weighted by atomic mass is 9.77. The predicted octanol–water partition coefficient (Wildman–Crippen LogP) is 3.51. The minimum Gasteiger partial charge on any atom is -0.300 e. The van der Waals surface area contributed by atoms with Crippen molar-refractivity contribution in [3.63, 3.8) is 0 Å². The third kappa shape index (κ3) is 5.61. The van der Waals surface area contributed by atoms with Crippen molar-refractivity contribution in [3.8, 4) is 0 Å². The normalized spacial score (nSPS) is 23.8. The van der Waals surface area contributed by atoms with E-state index in [4.69, 9.17) is 0 Å². The molecule has 0 aromatic carbocycles. The van der Waals surface area contributed by atoms with Gasteiger partial charge in [0.2, 0.25) is 0 Å². The molecule has 1 fully saturated rings. The van der Waals surface area contributed by atoms with Crippen molar-refractivity contribution >= 4 is 10.8 Å². The van der Waals surface area contributed by atoms with Crippen LogP contribution in [0.25, 0.3) is 0 Å². The number of piperidine rings is 1. The van der Waals surface area contributed by atoms with Gasteiger partial charge in [0, 0.05) is 39.9 Å². The third-order valence-electron chi connectivity index (χ3n) is 5.48. The van der Waals surface area contributed by atoms with Crippen molar-refractivity contribution in [1.82, 2.24) is 9.80 Å². The molecule has 1 aliphatic heterocycles. The number of likely N-dealkylation sites (tertiary alicyclic amines) is 1. The second kappa shape index (κ2) is 8.25. The van der Waals surface area contributed by atoms with Crippen LogP contribution in [0.5, 0.6) is 0 Å². The fraction of sp³-hybridized carbons (Fsp3) is 1.00. The summed E-state index contributed by atoms with van der Waals surface area (Å²) in [5.41, 5.74) is 0.481. The van der Waals surface area contributed by atoms with Crippen LogP contribution in [0.1, 0.15) is 66.7 Å². The van der Waals surface area contributed by atoms with Gasteiger partial charge in [0.25, 0.3) is 0 Å². The molecule has 1 saturated heterocycles. The van der Waals surface area contributed by atoms with Gasteiger partial charge in [-0.25, -0.2) is 0 Å². The fourth-order valence-corrected chi connectivity index (χ4v) is 4.42. The molecule has 4 heteroatoms. The molecule has 1 unspecified atom stereocenters. The van der Waals surface area contributed by atoms with Crippen LogP contribution in [0.2, 0.25) is 0 Å². The monoisotopic (exact) mass is 330 g/mol. The Balaban J connectivity index is 2.77. The van der Waals surface area contributed by atoms with Crippen molar-refractivity contribution in [2.24, 2.45) is 0 Å². The van der Waals surface area contributed by atoms with Crippen LogP contribution in [-0.2, 0) is 10.8 Å². The zero-order valence-corrected chi connectivity index (χ0v) is 16.8. The molecule has 132 valence electrons. The summed E-state index contributed by atoms with van der Waals surface area (Å²) in [6, 6.07) is 0.651. The average molecular weight is 331 g/mol. The maximum absolute atomic E-state index is 11.4. The van der Waals surface area contributed by atoms with Gasteiger partial charge in [0.1, 0.15) is 0 Å². The van der Waals surface area contributed by atoms with Crippen LogP contribution in [0, 0.1) is 0 Å². The molecule has 0 N–H and O–H groups in total. The summed E-state index contributed by atoms with van der Waals surface area (Å²) < 4.78 is 11.4. The molecule has 0 radical (unpaired) electrons. The van der Waals surface area contributed by atoms with E-state index in [0.717, 1.165) is 18.7 Å². The molecule has 22 heavy (non-hydrogen) atoms. The lowest BCUT2D eigenvalue weighted by Gasteiger charge is -2.55. The maximum Gasteiger partial charge on any atom is 0.0244 e. The highest BCUT2D eigenvalue weighted by molar-refractivity contribution is 7.84. The van der Waals surface area contributed by atoms with Crippen molar-refractivity contribution in [3.05, 3.63) is 0 Å². The van der Waals surface area contributed by atoms with Crippen molar-refractivity contribution in [2.75, 3.05) is 32.1 Å². The molecule has 1 rings (SSSR count). The molecule has 0 spiro atoms. The zero-order valence-electron chi connectivity index (χ0n) is 15.9. The van der Waals surface area contributed by atoms with Crippen LogP contribution >= 0.6 is 0 Å². The maximum atomic E-state index is 11.4. The zero-order chi connectivity index (χ0) is 17.0. The van der Waals surface area contributed by atoms with Gasteiger partial charge in [-0.2, -0.15) is 0 Å². The minimum absolute atomic E-state index is 0.241. The lowest BCUT2D eigenvalue weighted by Crippen LogP contribution is -2.62. The second-order valence-corrected chi connectivity index (χ2v) is 9.82. The number of rotatable bonds is 8. The first-order valence-corrected chi connectivity index (χ1v) is 10.6. The fourth-order valence-electron chi connectivity index (χ4n) is 3.89. The molecule has 1 aliphatic rings. The van der Waals surface area contributed by atoms with E-state index in [1.54, 1.807) is 0 Å². The quantitative estimate of drug-likeness (QED) is 0.680. The Morgan fingerprint density at radius 1 is 1.09 bits per heavy atom. The first-order chi connectivity index (χ1) is 10.1. The minimum atomic E-state index is -0.664. The van der Waals surface area contributed by atoms with Crippen LogP contribution < -0.4 is 0 Å². The largest absolute Gasteiger partial charge is 0.300 e. The smallest absolute Gasteiger partial charge is 0.0244 e. The summed E-state index contributed by atoms with van der Waals surface area (Å²) in [5.74, 6) is 0.835. The molecule has 0 aromatic heterocycles. The summed E-state index contributed by atoms with van der Waals surface area (Å²) in [6.45, 7) is 14.1. The van der Waals surface area contributed by atoms with E-state index in [-0.39, 0.29) is 11.1 Å². The van der Waals surface area contributed by atoms with E-state index in [2.05, 4.69) is 51.5 Å². The Bertz CT molecular complexity index is 350. The highest BCUT2D eigenvalue weighted by Crippen LogP contribution is 2.38. The number of nitrogens with zero attached hydrogens (tertiary/aromatic N) is 2. The van der Waals surface area contributed by atoms with Gasteiger partial charge in [0.05, 0.1) is 0 Å². The van der Waals surface area contributed by atoms with E-state index in [0.29, 0.717) is 6.04 Å². The summed E-state index contributed by atoms with van der Waals surface area (Å²) in [5, 5.41) is 0. The van der Waals surface area contributed by atoms with Gasteiger partial charge in [-0.15, -0.1) is 0 Å². The number of hydrogen-bond donors (Lipinski definition) is 0. The van der Waals surface area contributed by atoms with Gasteiger partial charge in [-0.1, -0.05) is 13.3 Å². The molecule has 0 aromatic rings. The standard InChI is InChI=1S/C18H38N2OS/c1-8-9-11-20(12-10-13-22(7)21)16-14-17(2,3)19(6)18(4,5)15-16/h16H,8-15H2,1-7H3. The Labute approximate surface area is 141 Å². The molecule has 0 saturated carbocycles. The van der Waals surface area contributed by atoms with E-state index < -0.39 is 10.8 Å². The first kappa shape index (κ1) is 20.1. The van der Waals surface area contributed by atoms with E-state index in [1.165, 1.54) is 32.2 Å². The third-order valence-corrected chi connectivity index (χ3v) is 6.34. The van der Waals surface area contributed by atoms with Gasteiger partial charge < -0.3 is 4.90 Å². The van der Waals surface area contributed by atoms with E-state index in [1.807, 2.05) is 6.26 Å². The molecule has 0 amide bonds. The molecule has 0 aliphatic carbocycles. The van der Waals surface area contributed by atoms with Gasteiger partial charge >= 0.3 is 0 Å². The Hall–Kier alpha value is 0.0700. The van der Waals surface area contributed by atoms with Gasteiger partial charge in [-0.05, 0) is 73.5 Å². The Morgan fingerprint density at radius 2 is 1.59 bits per heavy atom. The van der Waals surface area contributed by atoms with Gasteiger partial charge in [-0.3, -0.25) is 9.11 Å². The van der Waals surface area contributed by atoms with Crippen LogP contribution in [0.15, 0.2) is 0 Å². The topological polar surface area (TPSA) is 23.6 Å². The number of hydrogen-bond acceptors (Lipinski definition) is 3. The SMILES string of the molecule is CCCCN(CCCS(C)=O)C1CC(C)(C)N(C)C(C)(C)C1.